The first-order valence-corrected chi connectivity index (χ1v) is 5.91. The van der Waals surface area contributed by atoms with Gasteiger partial charge in [-0.25, -0.2) is 9.18 Å². The van der Waals surface area contributed by atoms with E-state index < -0.39 is 23.8 Å². The zero-order valence-electron chi connectivity index (χ0n) is 10.4. The van der Waals surface area contributed by atoms with Crippen molar-refractivity contribution in [3.05, 3.63) is 41.2 Å². The molecule has 0 bridgehead atoms. The third kappa shape index (κ3) is 4.71. The molecular formula is C13H13ClFNO3. The van der Waals surface area contributed by atoms with Crippen molar-refractivity contribution in [1.29, 1.82) is 0 Å². The Balaban J connectivity index is 2.66. The standard InChI is InChI=1S/C13H13ClFNO3/c1-3-4-12(17)19-8(2)13(18)16-11-6-5-9(15)7-10(11)14/h3-8H,1-2H3,(H,16,18)/b4-3+. The largest absolute Gasteiger partial charge is 0.449 e. The number of amides is 1. The SMILES string of the molecule is C/C=C/C(=O)OC(C)C(=O)Nc1ccc(F)cc1Cl. The Morgan fingerprint density at radius 1 is 1.47 bits per heavy atom. The molecular weight excluding hydrogens is 273 g/mol. The van der Waals surface area contributed by atoms with Crippen LogP contribution in [0.25, 0.3) is 0 Å². The molecule has 0 saturated carbocycles. The molecule has 0 fully saturated rings. The van der Waals surface area contributed by atoms with Crippen LogP contribution in [0.5, 0.6) is 0 Å². The number of anilines is 1. The van der Waals surface area contributed by atoms with Crippen LogP contribution in [0.2, 0.25) is 5.02 Å². The molecule has 0 aromatic heterocycles. The molecule has 4 nitrogen and oxygen atoms in total. The van der Waals surface area contributed by atoms with Crippen molar-refractivity contribution >= 4 is 29.2 Å². The predicted molar refractivity (Wildman–Crippen MR) is 70.4 cm³/mol. The third-order valence-electron chi connectivity index (χ3n) is 2.15. The van der Waals surface area contributed by atoms with Crippen LogP contribution < -0.4 is 5.32 Å². The Morgan fingerprint density at radius 3 is 2.74 bits per heavy atom. The van der Waals surface area contributed by atoms with E-state index in [1.165, 1.54) is 25.1 Å². The molecule has 102 valence electrons. The Labute approximate surface area is 115 Å². The van der Waals surface area contributed by atoms with E-state index in [0.29, 0.717) is 0 Å². The van der Waals surface area contributed by atoms with Gasteiger partial charge < -0.3 is 10.1 Å². The highest BCUT2D eigenvalue weighted by atomic mass is 35.5. The first-order chi connectivity index (χ1) is 8.93. The summed E-state index contributed by atoms with van der Waals surface area (Å²) in [4.78, 5) is 22.9. The minimum atomic E-state index is -0.982. The summed E-state index contributed by atoms with van der Waals surface area (Å²) in [5, 5.41) is 2.52. The smallest absolute Gasteiger partial charge is 0.331 e. The van der Waals surface area contributed by atoms with Gasteiger partial charge in [-0.05, 0) is 32.0 Å². The lowest BCUT2D eigenvalue weighted by molar-refractivity contribution is -0.148. The number of hydrogen-bond acceptors (Lipinski definition) is 3. The monoisotopic (exact) mass is 285 g/mol. The molecule has 0 heterocycles. The molecule has 1 N–H and O–H groups in total. The zero-order valence-corrected chi connectivity index (χ0v) is 11.2. The molecule has 0 spiro atoms. The van der Waals surface area contributed by atoms with Crippen molar-refractivity contribution in [1.82, 2.24) is 0 Å². The zero-order chi connectivity index (χ0) is 14.4. The molecule has 1 aromatic carbocycles. The Bertz CT molecular complexity index is 517. The summed E-state index contributed by atoms with van der Waals surface area (Å²) < 4.78 is 17.7. The van der Waals surface area contributed by atoms with E-state index >= 15 is 0 Å². The molecule has 1 atom stereocenters. The number of benzene rings is 1. The van der Waals surface area contributed by atoms with Gasteiger partial charge in [0.05, 0.1) is 10.7 Å². The van der Waals surface area contributed by atoms with E-state index in [1.54, 1.807) is 6.92 Å². The molecule has 0 saturated heterocycles. The Morgan fingerprint density at radius 2 is 2.16 bits per heavy atom. The molecule has 19 heavy (non-hydrogen) atoms. The fraction of sp³-hybridized carbons (Fsp3) is 0.231. The second kappa shape index (κ2) is 6.89. The van der Waals surface area contributed by atoms with Crippen molar-refractivity contribution in [3.63, 3.8) is 0 Å². The number of allylic oxidation sites excluding steroid dienone is 1. The van der Waals surface area contributed by atoms with Gasteiger partial charge in [-0.3, -0.25) is 4.79 Å². The van der Waals surface area contributed by atoms with E-state index in [9.17, 15) is 14.0 Å². The van der Waals surface area contributed by atoms with Crippen LogP contribution >= 0.6 is 11.6 Å². The van der Waals surface area contributed by atoms with Crippen LogP contribution in [0.3, 0.4) is 0 Å². The summed E-state index contributed by atoms with van der Waals surface area (Å²) in [7, 11) is 0. The molecule has 6 heteroatoms. The van der Waals surface area contributed by atoms with Gasteiger partial charge >= 0.3 is 5.97 Å². The first kappa shape index (κ1) is 15.2. The van der Waals surface area contributed by atoms with Crippen LogP contribution in [-0.2, 0) is 14.3 Å². The fourth-order valence-electron chi connectivity index (χ4n) is 1.23. The first-order valence-electron chi connectivity index (χ1n) is 5.53. The number of hydrogen-bond donors (Lipinski definition) is 1. The van der Waals surface area contributed by atoms with Gasteiger partial charge in [0.15, 0.2) is 6.10 Å². The van der Waals surface area contributed by atoms with Gasteiger partial charge in [0.1, 0.15) is 5.82 Å². The molecule has 1 amide bonds. The van der Waals surface area contributed by atoms with Crippen molar-refractivity contribution < 1.29 is 18.7 Å². The number of carbonyl (C=O) groups is 2. The Hall–Kier alpha value is -1.88. The average Bonchev–Trinajstić information content (AvgIpc) is 2.32. The van der Waals surface area contributed by atoms with Gasteiger partial charge in [0, 0.05) is 6.08 Å². The lowest BCUT2D eigenvalue weighted by Gasteiger charge is -2.13. The second-order valence-corrected chi connectivity index (χ2v) is 4.10. The number of carbonyl (C=O) groups excluding carboxylic acids is 2. The van der Waals surface area contributed by atoms with Crippen LogP contribution in [-0.4, -0.2) is 18.0 Å². The number of halogens is 2. The fourth-order valence-corrected chi connectivity index (χ4v) is 1.44. The third-order valence-corrected chi connectivity index (χ3v) is 2.47. The number of esters is 1. The highest BCUT2D eigenvalue weighted by molar-refractivity contribution is 6.33. The normalized spacial score (nSPS) is 12.2. The Kier molecular flexibility index (Phi) is 5.51. The van der Waals surface area contributed by atoms with Gasteiger partial charge in [-0.15, -0.1) is 0 Å². The van der Waals surface area contributed by atoms with Gasteiger partial charge in [0.2, 0.25) is 0 Å². The van der Waals surface area contributed by atoms with E-state index in [4.69, 9.17) is 16.3 Å². The molecule has 0 aliphatic carbocycles. The highest BCUT2D eigenvalue weighted by Gasteiger charge is 2.17. The average molecular weight is 286 g/mol. The lowest BCUT2D eigenvalue weighted by atomic mass is 10.3. The number of rotatable bonds is 4. The van der Waals surface area contributed by atoms with E-state index in [-0.39, 0.29) is 10.7 Å². The van der Waals surface area contributed by atoms with E-state index in [2.05, 4.69) is 5.32 Å². The van der Waals surface area contributed by atoms with Crippen molar-refractivity contribution in [2.24, 2.45) is 0 Å². The predicted octanol–water partition coefficient (Wildman–Crippen LogP) is 2.93. The van der Waals surface area contributed by atoms with Crippen LogP contribution in [0.1, 0.15) is 13.8 Å². The molecule has 0 aliphatic rings. The maximum atomic E-state index is 12.8. The summed E-state index contributed by atoms with van der Waals surface area (Å²) in [6.45, 7) is 3.08. The minimum absolute atomic E-state index is 0.0698. The highest BCUT2D eigenvalue weighted by Crippen LogP contribution is 2.22. The van der Waals surface area contributed by atoms with Crippen molar-refractivity contribution in [2.75, 3.05) is 5.32 Å². The van der Waals surface area contributed by atoms with Crippen LogP contribution in [0.15, 0.2) is 30.4 Å². The summed E-state index contributed by atoms with van der Waals surface area (Å²) in [6, 6.07) is 3.57. The van der Waals surface area contributed by atoms with E-state index in [0.717, 1.165) is 12.1 Å². The molecule has 0 aliphatic heterocycles. The summed E-state index contributed by atoms with van der Waals surface area (Å²) >= 11 is 5.76. The quantitative estimate of drug-likeness (QED) is 0.683. The van der Waals surface area contributed by atoms with Crippen LogP contribution in [0.4, 0.5) is 10.1 Å². The molecule has 1 unspecified atom stereocenters. The maximum absolute atomic E-state index is 12.8. The minimum Gasteiger partial charge on any atom is -0.449 e. The lowest BCUT2D eigenvalue weighted by Crippen LogP contribution is -2.29. The summed E-state index contributed by atoms with van der Waals surface area (Å²) in [6.07, 6.45) is 1.73. The number of ether oxygens (including phenoxy) is 1. The summed E-state index contributed by atoms with van der Waals surface area (Å²) in [5.74, 6) is -1.67. The van der Waals surface area contributed by atoms with E-state index in [1.807, 2.05) is 0 Å². The van der Waals surface area contributed by atoms with Gasteiger partial charge in [-0.2, -0.15) is 0 Å². The van der Waals surface area contributed by atoms with Crippen molar-refractivity contribution in [3.8, 4) is 0 Å². The molecule has 1 aromatic rings. The molecule has 1 rings (SSSR count). The number of nitrogens with one attached hydrogen (secondary N) is 1. The molecule has 0 radical (unpaired) electrons. The second-order valence-electron chi connectivity index (χ2n) is 3.69. The van der Waals surface area contributed by atoms with Gasteiger partial charge in [-0.1, -0.05) is 17.7 Å². The van der Waals surface area contributed by atoms with Crippen molar-refractivity contribution in [2.45, 2.75) is 20.0 Å². The topological polar surface area (TPSA) is 55.4 Å². The van der Waals surface area contributed by atoms with Gasteiger partial charge in [0.25, 0.3) is 5.91 Å². The van der Waals surface area contributed by atoms with Crippen LogP contribution in [0, 0.1) is 5.82 Å². The maximum Gasteiger partial charge on any atom is 0.331 e. The summed E-state index contributed by atoms with van der Waals surface area (Å²) in [5.41, 5.74) is 0.252.